The van der Waals surface area contributed by atoms with Crippen molar-refractivity contribution in [1.82, 2.24) is 15.5 Å². The molecule has 6 nitrogen and oxygen atoms in total. The Kier molecular flexibility index (Phi) is 4.95. The van der Waals surface area contributed by atoms with E-state index in [0.29, 0.717) is 32.2 Å². The Hall–Kier alpha value is -1.14. The number of hydrogen-bond acceptors (Lipinski definition) is 4. The van der Waals surface area contributed by atoms with Gasteiger partial charge in [0, 0.05) is 39.3 Å². The summed E-state index contributed by atoms with van der Waals surface area (Å²) in [5, 5.41) is 5.87. The third-order valence-corrected chi connectivity index (χ3v) is 3.40. The Balaban J connectivity index is 1.71. The van der Waals surface area contributed by atoms with Gasteiger partial charge >= 0.3 is 11.8 Å². The molecule has 0 spiro atoms. The molecule has 1 unspecified atom stereocenters. The van der Waals surface area contributed by atoms with Gasteiger partial charge in [-0.05, 0) is 18.8 Å². The van der Waals surface area contributed by atoms with Gasteiger partial charge < -0.3 is 20.3 Å². The molecule has 2 heterocycles. The van der Waals surface area contributed by atoms with Crippen LogP contribution in [0.5, 0.6) is 0 Å². The molecule has 2 amide bonds. The first kappa shape index (κ1) is 13.3. The van der Waals surface area contributed by atoms with Crippen LogP contribution >= 0.6 is 0 Å². The molecule has 2 aliphatic rings. The van der Waals surface area contributed by atoms with Crippen molar-refractivity contribution < 1.29 is 14.3 Å². The third kappa shape index (κ3) is 3.68. The molecule has 0 aromatic heterocycles. The van der Waals surface area contributed by atoms with Gasteiger partial charge in [0.1, 0.15) is 0 Å². The summed E-state index contributed by atoms with van der Waals surface area (Å²) in [4.78, 5) is 25.1. The summed E-state index contributed by atoms with van der Waals surface area (Å²) < 4.78 is 5.34. The molecular formula is C12H21N3O3. The number of amides is 2. The van der Waals surface area contributed by atoms with Crippen molar-refractivity contribution in [3.05, 3.63) is 0 Å². The van der Waals surface area contributed by atoms with E-state index in [1.54, 1.807) is 4.90 Å². The predicted octanol–water partition coefficient (Wildman–Crippen LogP) is -1.04. The van der Waals surface area contributed by atoms with Crippen molar-refractivity contribution in [1.29, 1.82) is 0 Å². The molecule has 2 aliphatic heterocycles. The van der Waals surface area contributed by atoms with Crippen molar-refractivity contribution in [2.45, 2.75) is 12.8 Å². The largest absolute Gasteiger partial charge is 0.381 e. The van der Waals surface area contributed by atoms with Crippen LogP contribution in [0.4, 0.5) is 0 Å². The smallest absolute Gasteiger partial charge is 0.311 e. The van der Waals surface area contributed by atoms with Gasteiger partial charge in [-0.2, -0.15) is 0 Å². The van der Waals surface area contributed by atoms with Gasteiger partial charge in [0.05, 0.1) is 6.61 Å². The van der Waals surface area contributed by atoms with E-state index in [0.717, 1.165) is 32.5 Å². The first-order valence-corrected chi connectivity index (χ1v) is 6.63. The molecule has 2 saturated heterocycles. The van der Waals surface area contributed by atoms with E-state index >= 15 is 0 Å². The number of hydrogen-bond donors (Lipinski definition) is 2. The van der Waals surface area contributed by atoms with Crippen molar-refractivity contribution >= 4 is 11.8 Å². The fraction of sp³-hybridized carbons (Fsp3) is 0.833. The summed E-state index contributed by atoms with van der Waals surface area (Å²) >= 11 is 0. The number of carbonyl (C=O) groups excluding carboxylic acids is 2. The summed E-state index contributed by atoms with van der Waals surface area (Å²) in [7, 11) is 0. The Labute approximate surface area is 107 Å². The van der Waals surface area contributed by atoms with E-state index in [9.17, 15) is 9.59 Å². The number of carbonyl (C=O) groups is 2. The number of nitrogens with zero attached hydrogens (tertiary/aromatic N) is 1. The molecule has 0 bridgehead atoms. The second-order valence-electron chi connectivity index (χ2n) is 4.84. The molecule has 0 aromatic rings. The van der Waals surface area contributed by atoms with Crippen LogP contribution in [-0.2, 0) is 14.3 Å². The number of piperazine rings is 1. The van der Waals surface area contributed by atoms with Crippen molar-refractivity contribution in [3.8, 4) is 0 Å². The van der Waals surface area contributed by atoms with Gasteiger partial charge in [-0.15, -0.1) is 0 Å². The monoisotopic (exact) mass is 255 g/mol. The van der Waals surface area contributed by atoms with Gasteiger partial charge in [0.15, 0.2) is 0 Å². The Morgan fingerprint density at radius 1 is 1.33 bits per heavy atom. The average molecular weight is 255 g/mol. The summed E-state index contributed by atoms with van der Waals surface area (Å²) in [6.45, 7) is 4.77. The van der Waals surface area contributed by atoms with Gasteiger partial charge in [-0.3, -0.25) is 9.59 Å². The number of ether oxygens (including phenoxy) is 1. The maximum Gasteiger partial charge on any atom is 0.311 e. The average Bonchev–Trinajstić information content (AvgIpc) is 2.46. The molecule has 0 aliphatic carbocycles. The van der Waals surface area contributed by atoms with Gasteiger partial charge in [-0.1, -0.05) is 0 Å². The van der Waals surface area contributed by atoms with Crippen LogP contribution in [0.1, 0.15) is 12.8 Å². The fourth-order valence-electron chi connectivity index (χ4n) is 2.29. The molecule has 1 atom stereocenters. The SMILES string of the molecule is O=C(NCC1CCCOC1)C(=O)N1CCNCC1. The highest BCUT2D eigenvalue weighted by molar-refractivity contribution is 6.35. The molecule has 2 fully saturated rings. The highest BCUT2D eigenvalue weighted by Crippen LogP contribution is 2.12. The summed E-state index contributed by atoms with van der Waals surface area (Å²) in [6, 6.07) is 0. The van der Waals surface area contributed by atoms with E-state index in [-0.39, 0.29) is 0 Å². The van der Waals surface area contributed by atoms with Crippen LogP contribution in [0.3, 0.4) is 0 Å². The summed E-state index contributed by atoms with van der Waals surface area (Å²) in [5.41, 5.74) is 0. The Morgan fingerprint density at radius 2 is 2.11 bits per heavy atom. The lowest BCUT2D eigenvalue weighted by atomic mass is 10.0. The second-order valence-corrected chi connectivity index (χ2v) is 4.84. The van der Waals surface area contributed by atoms with Gasteiger partial charge in [-0.25, -0.2) is 0 Å². The lowest BCUT2D eigenvalue weighted by Crippen LogP contribution is -2.51. The quantitative estimate of drug-likeness (QED) is 0.618. The maximum atomic E-state index is 11.8. The van der Waals surface area contributed by atoms with Crippen molar-refractivity contribution in [2.75, 3.05) is 45.9 Å². The highest BCUT2D eigenvalue weighted by Gasteiger charge is 2.24. The van der Waals surface area contributed by atoms with E-state index in [1.165, 1.54) is 0 Å². The molecule has 2 rings (SSSR count). The molecule has 2 N–H and O–H groups in total. The molecular weight excluding hydrogens is 234 g/mol. The fourth-order valence-corrected chi connectivity index (χ4v) is 2.29. The molecule has 102 valence electrons. The zero-order valence-corrected chi connectivity index (χ0v) is 10.6. The number of rotatable bonds is 2. The first-order chi connectivity index (χ1) is 8.77. The van der Waals surface area contributed by atoms with E-state index < -0.39 is 11.8 Å². The first-order valence-electron chi connectivity index (χ1n) is 6.63. The van der Waals surface area contributed by atoms with E-state index in [1.807, 2.05) is 0 Å². The summed E-state index contributed by atoms with van der Waals surface area (Å²) in [5.74, 6) is -0.547. The lowest BCUT2D eigenvalue weighted by molar-refractivity contribution is -0.146. The maximum absolute atomic E-state index is 11.8. The third-order valence-electron chi connectivity index (χ3n) is 3.40. The van der Waals surface area contributed by atoms with Crippen molar-refractivity contribution in [3.63, 3.8) is 0 Å². The second kappa shape index (κ2) is 6.70. The normalized spacial score (nSPS) is 24.7. The Morgan fingerprint density at radius 3 is 2.78 bits per heavy atom. The minimum atomic E-state index is -0.484. The summed E-state index contributed by atoms with van der Waals surface area (Å²) in [6.07, 6.45) is 2.09. The van der Waals surface area contributed by atoms with Gasteiger partial charge in [0.2, 0.25) is 0 Å². The van der Waals surface area contributed by atoms with Crippen LogP contribution < -0.4 is 10.6 Å². The lowest BCUT2D eigenvalue weighted by Gasteiger charge is -2.27. The topological polar surface area (TPSA) is 70.7 Å². The standard InChI is InChI=1S/C12H21N3O3/c16-11(12(17)15-5-3-13-4-6-15)14-8-10-2-1-7-18-9-10/h10,13H,1-9H2,(H,14,16). The predicted molar refractivity (Wildman–Crippen MR) is 66.0 cm³/mol. The van der Waals surface area contributed by atoms with E-state index in [4.69, 9.17) is 4.74 Å². The van der Waals surface area contributed by atoms with Crippen molar-refractivity contribution in [2.24, 2.45) is 5.92 Å². The molecule has 18 heavy (non-hydrogen) atoms. The van der Waals surface area contributed by atoms with Crippen LogP contribution in [0.25, 0.3) is 0 Å². The van der Waals surface area contributed by atoms with E-state index in [2.05, 4.69) is 10.6 Å². The molecule has 0 aromatic carbocycles. The Bertz CT molecular complexity index is 297. The van der Waals surface area contributed by atoms with Gasteiger partial charge in [0.25, 0.3) is 0 Å². The zero-order chi connectivity index (χ0) is 12.8. The minimum absolute atomic E-state index is 0.346. The minimum Gasteiger partial charge on any atom is -0.381 e. The highest BCUT2D eigenvalue weighted by atomic mass is 16.5. The van der Waals surface area contributed by atoms with Crippen LogP contribution in [-0.4, -0.2) is 62.7 Å². The molecule has 0 radical (unpaired) electrons. The molecule has 6 heteroatoms. The number of nitrogens with one attached hydrogen (secondary N) is 2. The zero-order valence-electron chi connectivity index (χ0n) is 10.6. The van der Waals surface area contributed by atoms with Crippen LogP contribution in [0.2, 0.25) is 0 Å². The van der Waals surface area contributed by atoms with Crippen LogP contribution in [0, 0.1) is 5.92 Å². The molecule has 0 saturated carbocycles. The van der Waals surface area contributed by atoms with Crippen LogP contribution in [0.15, 0.2) is 0 Å².